The average molecular weight is 769 g/mol. The molecule has 1 fully saturated rings. The minimum atomic E-state index is -0.0690. The summed E-state index contributed by atoms with van der Waals surface area (Å²) in [5.74, 6) is 0. The number of benzene rings is 8. The van der Waals surface area contributed by atoms with Crippen molar-refractivity contribution in [3.63, 3.8) is 0 Å². The van der Waals surface area contributed by atoms with Gasteiger partial charge in [-0.1, -0.05) is 158 Å². The number of para-hydroxylation sites is 2. The fourth-order valence-electron chi connectivity index (χ4n) is 9.11. The zero-order valence-corrected chi connectivity index (χ0v) is 32.4. The highest BCUT2D eigenvalue weighted by Gasteiger charge is 2.31. The van der Waals surface area contributed by atoms with E-state index >= 15 is 0 Å². The number of nitrogens with zero attached hydrogens (tertiary/aromatic N) is 1. The minimum absolute atomic E-state index is 0.0219. The van der Waals surface area contributed by atoms with E-state index in [4.69, 9.17) is 0 Å². The van der Waals surface area contributed by atoms with E-state index in [2.05, 4.69) is 203 Å². The van der Waals surface area contributed by atoms with Crippen LogP contribution in [-0.4, -0.2) is 4.57 Å². The van der Waals surface area contributed by atoms with Crippen molar-refractivity contribution >= 4 is 84.8 Å². The Morgan fingerprint density at radius 1 is 0.386 bits per heavy atom. The van der Waals surface area contributed by atoms with Gasteiger partial charge in [-0.2, -0.15) is 0 Å². The molecular weight excluding hydrogens is 733 g/mol. The molecule has 0 saturated carbocycles. The number of hydrogen-bond acceptors (Lipinski definition) is 5. The van der Waals surface area contributed by atoms with Crippen LogP contribution in [0.15, 0.2) is 182 Å². The molecule has 3 aromatic heterocycles. The van der Waals surface area contributed by atoms with Crippen LogP contribution in [0.1, 0.15) is 35.2 Å². The molecule has 11 aromatic rings. The summed E-state index contributed by atoms with van der Waals surface area (Å²) in [6.45, 7) is 0. The first-order valence-electron chi connectivity index (χ1n) is 19.5. The Balaban J connectivity index is 0.978. The van der Waals surface area contributed by atoms with Crippen molar-refractivity contribution in [1.29, 1.82) is 0 Å². The molecule has 0 amide bonds. The largest absolute Gasteiger partial charge is 0.308 e. The smallest absolute Gasteiger partial charge is 0.0878 e. The monoisotopic (exact) mass is 768 g/mol. The van der Waals surface area contributed by atoms with Gasteiger partial charge in [0.1, 0.15) is 0 Å². The Morgan fingerprint density at radius 3 is 1.61 bits per heavy atom. The van der Waals surface area contributed by atoms with Gasteiger partial charge >= 0.3 is 0 Å². The molecule has 57 heavy (non-hydrogen) atoms. The zero-order chi connectivity index (χ0) is 37.5. The molecule has 0 bridgehead atoms. The summed E-state index contributed by atoms with van der Waals surface area (Å²) in [7, 11) is 0. The molecule has 2 unspecified atom stereocenters. The molecule has 8 aromatic carbocycles. The summed E-state index contributed by atoms with van der Waals surface area (Å²) >= 11 is 3.81. The van der Waals surface area contributed by atoms with Crippen LogP contribution in [0.2, 0.25) is 0 Å². The SMILES string of the molecule is c1ccc(C2NC(c3ccccc3)NC(c3cccc4c3sc3c(-c5ccc6c(c5)sc5c(-n7c8ccccc8c8ccccc87)cccc56)cccc34)N2)cc1. The maximum atomic E-state index is 3.92. The van der Waals surface area contributed by atoms with Gasteiger partial charge < -0.3 is 4.57 Å². The second-order valence-electron chi connectivity index (χ2n) is 15.0. The van der Waals surface area contributed by atoms with Crippen molar-refractivity contribution in [2.45, 2.75) is 18.5 Å². The summed E-state index contributed by atoms with van der Waals surface area (Å²) in [4.78, 5) is 0. The lowest BCUT2D eigenvalue weighted by Gasteiger charge is -2.39. The Labute approximate surface area is 337 Å². The number of nitrogens with one attached hydrogen (secondary N) is 3. The molecule has 4 nitrogen and oxygen atoms in total. The van der Waals surface area contributed by atoms with Gasteiger partial charge in [0.2, 0.25) is 0 Å². The standard InChI is InChI=1S/C51H36N4S2/c1-3-14-31(15-4-1)49-52-50(32-16-5-2-6-17-32)54-51(53-49)41-24-12-22-40-39-21-11-20-34(46(39)57-47(40)41)33-28-29-37-38-23-13-27-44(48(38)56-45(37)30-33)55-42-25-9-7-18-35(42)36-19-8-10-26-43(36)55/h1-30,49-54H. The maximum Gasteiger partial charge on any atom is 0.0878 e. The number of hydrogen-bond donors (Lipinski definition) is 3. The number of thiophene rings is 2. The minimum Gasteiger partial charge on any atom is -0.308 e. The molecule has 3 N–H and O–H groups in total. The average Bonchev–Trinajstić information content (AvgIpc) is 3.96. The third kappa shape index (κ3) is 5.30. The van der Waals surface area contributed by atoms with E-state index < -0.39 is 0 Å². The van der Waals surface area contributed by atoms with Crippen molar-refractivity contribution in [3.8, 4) is 16.8 Å². The van der Waals surface area contributed by atoms with E-state index in [-0.39, 0.29) is 18.5 Å². The van der Waals surface area contributed by atoms with E-state index in [9.17, 15) is 0 Å². The second-order valence-corrected chi connectivity index (χ2v) is 17.0. The highest BCUT2D eigenvalue weighted by Crippen LogP contribution is 2.46. The highest BCUT2D eigenvalue weighted by molar-refractivity contribution is 7.27. The van der Waals surface area contributed by atoms with Crippen molar-refractivity contribution in [3.05, 3.63) is 199 Å². The van der Waals surface area contributed by atoms with Gasteiger partial charge in [-0.15, -0.1) is 22.7 Å². The third-order valence-electron chi connectivity index (χ3n) is 11.7. The van der Waals surface area contributed by atoms with Crippen molar-refractivity contribution in [2.75, 3.05) is 0 Å². The van der Waals surface area contributed by atoms with Crippen LogP contribution in [0.5, 0.6) is 0 Å². The van der Waals surface area contributed by atoms with E-state index in [1.807, 2.05) is 22.7 Å². The van der Waals surface area contributed by atoms with E-state index in [0.717, 1.165) is 0 Å². The molecular formula is C51H36N4S2. The van der Waals surface area contributed by atoms with Crippen LogP contribution in [0.25, 0.3) is 79.0 Å². The predicted octanol–water partition coefficient (Wildman–Crippen LogP) is 13.4. The van der Waals surface area contributed by atoms with Gasteiger partial charge in [0.05, 0.1) is 39.9 Å². The van der Waals surface area contributed by atoms with Gasteiger partial charge in [-0.25, -0.2) is 0 Å². The fourth-order valence-corrected chi connectivity index (χ4v) is 11.7. The van der Waals surface area contributed by atoms with Crippen LogP contribution in [-0.2, 0) is 0 Å². The molecule has 4 heterocycles. The van der Waals surface area contributed by atoms with Gasteiger partial charge in [-0.05, 0) is 46.5 Å². The zero-order valence-electron chi connectivity index (χ0n) is 30.8. The van der Waals surface area contributed by atoms with Gasteiger partial charge in [0.15, 0.2) is 0 Å². The number of aromatic nitrogens is 1. The van der Waals surface area contributed by atoms with Gasteiger partial charge in [-0.3, -0.25) is 16.0 Å². The predicted molar refractivity (Wildman–Crippen MR) is 243 cm³/mol. The summed E-state index contributed by atoms with van der Waals surface area (Å²) in [5, 5.41) is 19.4. The number of rotatable bonds is 5. The molecule has 0 radical (unpaired) electrons. The van der Waals surface area contributed by atoms with Gasteiger partial charge in [0.25, 0.3) is 0 Å². The van der Waals surface area contributed by atoms with E-state index in [1.54, 1.807) is 0 Å². The van der Waals surface area contributed by atoms with Crippen LogP contribution in [0.3, 0.4) is 0 Å². The highest BCUT2D eigenvalue weighted by atomic mass is 32.1. The Bertz CT molecular complexity index is 3210. The molecule has 0 aliphatic carbocycles. The summed E-state index contributed by atoms with van der Waals surface area (Å²) in [5.41, 5.74) is 9.93. The molecule has 1 aliphatic heterocycles. The quantitative estimate of drug-likeness (QED) is 0.163. The summed E-state index contributed by atoms with van der Waals surface area (Å²) in [6, 6.07) is 66.4. The third-order valence-corrected chi connectivity index (χ3v) is 14.2. The van der Waals surface area contributed by atoms with Crippen molar-refractivity contribution < 1.29 is 0 Å². The molecule has 2 atom stereocenters. The molecule has 6 heteroatoms. The van der Waals surface area contributed by atoms with Crippen LogP contribution in [0, 0.1) is 0 Å². The normalized spacial score (nSPS) is 17.4. The van der Waals surface area contributed by atoms with E-state index in [1.165, 1.54) is 95.7 Å². The first kappa shape index (κ1) is 33.1. The molecule has 272 valence electrons. The summed E-state index contributed by atoms with van der Waals surface area (Å²) < 4.78 is 7.69. The van der Waals surface area contributed by atoms with Crippen LogP contribution in [0.4, 0.5) is 0 Å². The topological polar surface area (TPSA) is 41.0 Å². The Morgan fingerprint density at radius 2 is 0.930 bits per heavy atom. The number of fused-ring (bicyclic) bond motifs is 9. The van der Waals surface area contributed by atoms with Crippen molar-refractivity contribution in [1.82, 2.24) is 20.5 Å². The second kappa shape index (κ2) is 13.2. The van der Waals surface area contributed by atoms with E-state index in [0.29, 0.717) is 0 Å². The first-order chi connectivity index (χ1) is 28.3. The van der Waals surface area contributed by atoms with Crippen LogP contribution < -0.4 is 16.0 Å². The van der Waals surface area contributed by atoms with Crippen molar-refractivity contribution in [2.24, 2.45) is 0 Å². The fraction of sp³-hybridized carbons (Fsp3) is 0.0588. The lowest BCUT2D eigenvalue weighted by atomic mass is 10.00. The molecule has 0 spiro atoms. The maximum absolute atomic E-state index is 3.92. The van der Waals surface area contributed by atoms with Gasteiger partial charge in [0, 0.05) is 52.0 Å². The Hall–Kier alpha value is -6.12. The summed E-state index contributed by atoms with van der Waals surface area (Å²) in [6.07, 6.45) is -0.113. The lowest BCUT2D eigenvalue weighted by molar-refractivity contribution is 0.204. The molecule has 1 saturated heterocycles. The molecule has 1 aliphatic rings. The van der Waals surface area contributed by atoms with Crippen LogP contribution >= 0.6 is 22.7 Å². The first-order valence-corrected chi connectivity index (χ1v) is 21.2. The molecule has 12 rings (SSSR count). The Kier molecular flexibility index (Phi) is 7.68. The lowest BCUT2D eigenvalue weighted by Crippen LogP contribution is -2.54.